The van der Waals surface area contributed by atoms with E-state index in [1.807, 2.05) is 6.08 Å². The van der Waals surface area contributed by atoms with Gasteiger partial charge in [-0.15, -0.1) is 0 Å². The van der Waals surface area contributed by atoms with Gasteiger partial charge >= 0.3 is 5.97 Å². The van der Waals surface area contributed by atoms with Crippen molar-refractivity contribution in [1.29, 1.82) is 0 Å². The first-order chi connectivity index (χ1) is 7.29. The molecule has 0 radical (unpaired) electrons. The number of ether oxygens (including phenoxy) is 3. The van der Waals surface area contributed by atoms with Gasteiger partial charge in [-0.2, -0.15) is 0 Å². The molecule has 3 atom stereocenters. The Hall–Kier alpha value is -1.29. The summed E-state index contributed by atoms with van der Waals surface area (Å²) in [6.45, 7) is 1.23. The summed E-state index contributed by atoms with van der Waals surface area (Å²) in [5.41, 5.74) is 1.12. The van der Waals surface area contributed by atoms with Gasteiger partial charge in [-0.25, -0.2) is 0 Å². The molecule has 4 nitrogen and oxygen atoms in total. The highest BCUT2D eigenvalue weighted by Gasteiger charge is 2.43. The van der Waals surface area contributed by atoms with E-state index < -0.39 is 0 Å². The lowest BCUT2D eigenvalue weighted by Crippen LogP contribution is -2.22. The van der Waals surface area contributed by atoms with Crippen LogP contribution in [-0.2, 0) is 19.0 Å². The highest BCUT2D eigenvalue weighted by Crippen LogP contribution is 2.38. The van der Waals surface area contributed by atoms with Crippen LogP contribution in [0.15, 0.2) is 23.5 Å². The SMILES string of the molecule is COC1=CC(C2CO2)=CC2COC(=O)C12. The number of methoxy groups -OCH3 is 1. The molecular formula is C11H12O4. The van der Waals surface area contributed by atoms with Gasteiger partial charge in [0.2, 0.25) is 0 Å². The van der Waals surface area contributed by atoms with Crippen molar-refractivity contribution in [3.05, 3.63) is 23.5 Å². The molecule has 2 fully saturated rings. The van der Waals surface area contributed by atoms with Gasteiger partial charge in [-0.05, 0) is 11.6 Å². The van der Waals surface area contributed by atoms with Crippen molar-refractivity contribution in [3.8, 4) is 0 Å². The van der Waals surface area contributed by atoms with Gasteiger partial charge in [-0.1, -0.05) is 6.08 Å². The number of carbonyl (C=O) groups is 1. The van der Waals surface area contributed by atoms with Crippen LogP contribution >= 0.6 is 0 Å². The number of esters is 1. The van der Waals surface area contributed by atoms with Crippen LogP contribution in [0.4, 0.5) is 0 Å². The minimum atomic E-state index is -0.238. The average Bonchev–Trinajstić information content (AvgIpc) is 3.03. The van der Waals surface area contributed by atoms with Crippen LogP contribution in [-0.4, -0.2) is 32.4 Å². The molecule has 3 rings (SSSR count). The second kappa shape index (κ2) is 3.10. The van der Waals surface area contributed by atoms with Gasteiger partial charge in [0, 0.05) is 5.92 Å². The maximum absolute atomic E-state index is 11.5. The van der Waals surface area contributed by atoms with E-state index >= 15 is 0 Å². The first kappa shape index (κ1) is 8.97. The Kier molecular flexibility index (Phi) is 1.85. The zero-order valence-corrected chi connectivity index (χ0v) is 8.43. The zero-order valence-electron chi connectivity index (χ0n) is 8.43. The van der Waals surface area contributed by atoms with Gasteiger partial charge in [0.1, 0.15) is 17.8 Å². The third kappa shape index (κ3) is 1.36. The zero-order chi connectivity index (χ0) is 10.4. The Balaban J connectivity index is 1.94. The molecule has 0 N–H and O–H groups in total. The lowest BCUT2D eigenvalue weighted by atomic mass is 9.85. The fraction of sp³-hybridized carbons (Fsp3) is 0.545. The first-order valence-electron chi connectivity index (χ1n) is 5.05. The van der Waals surface area contributed by atoms with E-state index in [9.17, 15) is 4.79 Å². The van der Waals surface area contributed by atoms with E-state index in [0.717, 1.165) is 12.2 Å². The van der Waals surface area contributed by atoms with E-state index in [1.165, 1.54) is 0 Å². The molecule has 0 amide bonds. The smallest absolute Gasteiger partial charge is 0.317 e. The van der Waals surface area contributed by atoms with Crippen molar-refractivity contribution in [2.24, 2.45) is 11.8 Å². The van der Waals surface area contributed by atoms with Crippen LogP contribution in [0.2, 0.25) is 0 Å². The van der Waals surface area contributed by atoms with E-state index in [2.05, 4.69) is 6.08 Å². The van der Waals surface area contributed by atoms with E-state index in [4.69, 9.17) is 14.2 Å². The van der Waals surface area contributed by atoms with Crippen LogP contribution in [0.5, 0.6) is 0 Å². The largest absolute Gasteiger partial charge is 0.500 e. The lowest BCUT2D eigenvalue weighted by Gasteiger charge is -2.20. The van der Waals surface area contributed by atoms with Crippen LogP contribution in [0.1, 0.15) is 0 Å². The molecule has 3 unspecified atom stereocenters. The van der Waals surface area contributed by atoms with Crippen LogP contribution in [0.25, 0.3) is 0 Å². The van der Waals surface area contributed by atoms with Crippen molar-refractivity contribution in [1.82, 2.24) is 0 Å². The fourth-order valence-corrected chi connectivity index (χ4v) is 2.19. The van der Waals surface area contributed by atoms with Crippen molar-refractivity contribution in [2.75, 3.05) is 20.3 Å². The molecule has 2 aliphatic heterocycles. The average molecular weight is 208 g/mol. The van der Waals surface area contributed by atoms with E-state index in [-0.39, 0.29) is 23.9 Å². The molecule has 15 heavy (non-hydrogen) atoms. The summed E-state index contributed by atoms with van der Waals surface area (Å²) in [5, 5.41) is 0. The minimum absolute atomic E-state index is 0.122. The molecule has 0 aromatic rings. The number of carbonyl (C=O) groups excluding carboxylic acids is 1. The Bertz CT molecular complexity index is 365. The van der Waals surface area contributed by atoms with E-state index in [1.54, 1.807) is 7.11 Å². The second-order valence-electron chi connectivity index (χ2n) is 4.01. The predicted molar refractivity (Wildman–Crippen MR) is 50.9 cm³/mol. The molecule has 0 saturated carbocycles. The number of hydrogen-bond donors (Lipinski definition) is 0. The quantitative estimate of drug-likeness (QED) is 0.493. The van der Waals surface area contributed by atoms with Crippen molar-refractivity contribution in [3.63, 3.8) is 0 Å². The molecule has 1 aliphatic carbocycles. The fourth-order valence-electron chi connectivity index (χ4n) is 2.19. The Morgan fingerprint density at radius 2 is 2.27 bits per heavy atom. The maximum atomic E-state index is 11.5. The Labute approximate surface area is 87.5 Å². The summed E-state index contributed by atoms with van der Waals surface area (Å²) in [4.78, 5) is 11.5. The van der Waals surface area contributed by atoms with Gasteiger partial charge in [0.15, 0.2) is 0 Å². The van der Waals surface area contributed by atoms with Crippen molar-refractivity contribution >= 4 is 5.97 Å². The molecule has 80 valence electrons. The van der Waals surface area contributed by atoms with Gasteiger partial charge in [-0.3, -0.25) is 4.79 Å². The summed E-state index contributed by atoms with van der Waals surface area (Å²) in [7, 11) is 1.59. The lowest BCUT2D eigenvalue weighted by molar-refractivity contribution is -0.141. The summed E-state index contributed by atoms with van der Waals surface area (Å²) < 4.78 is 15.5. The summed E-state index contributed by atoms with van der Waals surface area (Å²) in [5.74, 6) is 0.407. The van der Waals surface area contributed by atoms with Crippen molar-refractivity contribution < 1.29 is 19.0 Å². The number of hydrogen-bond acceptors (Lipinski definition) is 4. The molecule has 0 aromatic heterocycles. The molecule has 4 heteroatoms. The summed E-state index contributed by atoms with van der Waals surface area (Å²) in [6, 6.07) is 0. The third-order valence-corrected chi connectivity index (χ3v) is 3.06. The molecule has 2 saturated heterocycles. The van der Waals surface area contributed by atoms with Gasteiger partial charge in [0.05, 0.1) is 20.3 Å². The van der Waals surface area contributed by atoms with Crippen LogP contribution in [0, 0.1) is 11.8 Å². The monoisotopic (exact) mass is 208 g/mol. The summed E-state index contributed by atoms with van der Waals surface area (Å²) >= 11 is 0. The molecule has 3 aliphatic rings. The Morgan fingerprint density at radius 3 is 2.93 bits per heavy atom. The van der Waals surface area contributed by atoms with Gasteiger partial charge in [0.25, 0.3) is 0 Å². The molecular weight excluding hydrogens is 196 g/mol. The highest BCUT2D eigenvalue weighted by molar-refractivity contribution is 5.79. The number of cyclic esters (lactones) is 1. The maximum Gasteiger partial charge on any atom is 0.317 e. The summed E-state index contributed by atoms with van der Waals surface area (Å²) in [6.07, 6.45) is 4.19. The number of epoxide rings is 1. The second-order valence-corrected chi connectivity index (χ2v) is 4.01. The number of fused-ring (bicyclic) bond motifs is 1. The number of rotatable bonds is 2. The molecule has 0 bridgehead atoms. The minimum Gasteiger partial charge on any atom is -0.500 e. The molecule has 0 aromatic carbocycles. The topological polar surface area (TPSA) is 48.1 Å². The molecule has 0 spiro atoms. The van der Waals surface area contributed by atoms with Gasteiger partial charge < -0.3 is 14.2 Å². The van der Waals surface area contributed by atoms with E-state index in [0.29, 0.717) is 12.4 Å². The standard InChI is InChI=1S/C11H12O4/c1-13-8-3-6(9-5-14-9)2-7-4-15-11(12)10(7)8/h2-3,7,9-10H,4-5H2,1H3. The van der Waals surface area contributed by atoms with Crippen LogP contribution in [0.3, 0.4) is 0 Å². The van der Waals surface area contributed by atoms with Crippen molar-refractivity contribution in [2.45, 2.75) is 6.10 Å². The van der Waals surface area contributed by atoms with Crippen LogP contribution < -0.4 is 0 Å². The highest BCUT2D eigenvalue weighted by atomic mass is 16.6. The molecule has 2 heterocycles. The Morgan fingerprint density at radius 1 is 1.47 bits per heavy atom. The predicted octanol–water partition coefficient (Wildman–Crippen LogP) is 0.645. The normalized spacial score (nSPS) is 37.7. The third-order valence-electron chi connectivity index (χ3n) is 3.06. The first-order valence-corrected chi connectivity index (χ1v) is 5.05.